The zero-order valence-electron chi connectivity index (χ0n) is 16.5. The van der Waals surface area contributed by atoms with Gasteiger partial charge in [-0.2, -0.15) is 0 Å². The molecule has 0 fully saturated rings. The summed E-state index contributed by atoms with van der Waals surface area (Å²) in [5.41, 5.74) is 0.551. The molecule has 0 aromatic heterocycles. The van der Waals surface area contributed by atoms with Crippen LogP contribution in [0.1, 0.15) is 51.0 Å². The third-order valence-corrected chi connectivity index (χ3v) is 4.81. The summed E-state index contributed by atoms with van der Waals surface area (Å²) in [5.74, 6) is -0.534. The summed E-state index contributed by atoms with van der Waals surface area (Å²) < 4.78 is 26.1. The molecule has 1 amide bonds. The van der Waals surface area contributed by atoms with Crippen LogP contribution in [0.3, 0.4) is 0 Å². The fourth-order valence-electron chi connectivity index (χ4n) is 2.43. The third-order valence-electron chi connectivity index (χ3n) is 3.87. The number of methoxy groups -OCH3 is 1. The number of esters is 1. The quantitative estimate of drug-likeness (QED) is 0.283. The summed E-state index contributed by atoms with van der Waals surface area (Å²) in [6.07, 6.45) is 5.68. The Morgan fingerprint density at radius 2 is 1.93 bits per heavy atom. The highest BCUT2D eigenvalue weighted by molar-refractivity contribution is 7.46. The van der Waals surface area contributed by atoms with Crippen molar-refractivity contribution in [2.75, 3.05) is 20.3 Å². The molecular formula is C19H29NO7P-. The van der Waals surface area contributed by atoms with Crippen molar-refractivity contribution in [1.82, 2.24) is 5.32 Å². The van der Waals surface area contributed by atoms with Crippen molar-refractivity contribution in [2.45, 2.75) is 51.9 Å². The van der Waals surface area contributed by atoms with Gasteiger partial charge in [0.05, 0.1) is 20.1 Å². The average Bonchev–Trinajstić information content (AvgIpc) is 2.65. The van der Waals surface area contributed by atoms with Gasteiger partial charge in [-0.1, -0.05) is 44.7 Å². The average molecular weight is 414 g/mol. The molecule has 1 aromatic carbocycles. The van der Waals surface area contributed by atoms with Gasteiger partial charge in [0.1, 0.15) is 5.75 Å². The van der Waals surface area contributed by atoms with Crippen molar-refractivity contribution in [3.8, 4) is 5.75 Å². The maximum Gasteiger partial charge on any atom is 0.319 e. The van der Waals surface area contributed by atoms with E-state index in [-0.39, 0.29) is 31.2 Å². The van der Waals surface area contributed by atoms with Crippen LogP contribution < -0.4 is 14.7 Å². The van der Waals surface area contributed by atoms with Gasteiger partial charge in [0, 0.05) is 13.0 Å². The second-order valence-corrected chi connectivity index (χ2v) is 7.62. The first-order valence-electron chi connectivity index (χ1n) is 9.44. The van der Waals surface area contributed by atoms with Gasteiger partial charge in [-0.05, 0) is 24.1 Å². The lowest BCUT2D eigenvalue weighted by Gasteiger charge is -2.23. The molecule has 0 saturated heterocycles. The van der Waals surface area contributed by atoms with Crippen LogP contribution in [0.25, 0.3) is 0 Å². The highest BCUT2D eigenvalue weighted by Gasteiger charge is 2.13. The number of hydrogen-bond donors (Lipinski definition) is 1. The van der Waals surface area contributed by atoms with E-state index in [1.54, 1.807) is 12.1 Å². The Balaban J connectivity index is 2.31. The maximum absolute atomic E-state index is 11.9. The van der Waals surface area contributed by atoms with Crippen molar-refractivity contribution in [3.63, 3.8) is 0 Å². The molecular weight excluding hydrogens is 385 g/mol. The molecule has 0 radical (unpaired) electrons. The summed E-state index contributed by atoms with van der Waals surface area (Å²) in [5, 5.41) is 2.62. The molecule has 1 atom stereocenters. The molecule has 0 heterocycles. The molecule has 1 rings (SSSR count). The van der Waals surface area contributed by atoms with Crippen LogP contribution in [0.5, 0.6) is 5.75 Å². The topological polar surface area (TPSA) is 114 Å². The Labute approximate surface area is 166 Å². The minimum Gasteiger partial charge on any atom is -0.746 e. The van der Waals surface area contributed by atoms with Crippen LogP contribution in [0.4, 0.5) is 0 Å². The van der Waals surface area contributed by atoms with Gasteiger partial charge in [0.25, 0.3) is 0 Å². The summed E-state index contributed by atoms with van der Waals surface area (Å²) >= 11 is 0. The molecule has 28 heavy (non-hydrogen) atoms. The molecule has 8 nitrogen and oxygen atoms in total. The van der Waals surface area contributed by atoms with Gasteiger partial charge in [-0.15, -0.1) is 0 Å². The molecule has 0 aliphatic rings. The van der Waals surface area contributed by atoms with Gasteiger partial charge in [0.15, 0.2) is 0 Å². The fourth-order valence-corrected chi connectivity index (χ4v) is 3.17. The molecule has 0 aliphatic carbocycles. The smallest absolute Gasteiger partial charge is 0.319 e. The van der Waals surface area contributed by atoms with Crippen LogP contribution in [-0.2, 0) is 29.8 Å². The SMILES string of the molecule is CCCCCCCC(=O)NCCOP(=O)([O-])Oc1cccc(CC(=O)OC)c1. The molecule has 0 spiro atoms. The van der Waals surface area contributed by atoms with Crippen molar-refractivity contribution in [2.24, 2.45) is 0 Å². The molecule has 1 aromatic rings. The summed E-state index contributed by atoms with van der Waals surface area (Å²) in [4.78, 5) is 34.8. The first-order valence-corrected chi connectivity index (χ1v) is 10.9. The molecule has 0 bridgehead atoms. The highest BCUT2D eigenvalue weighted by Crippen LogP contribution is 2.39. The molecule has 0 saturated carbocycles. The number of benzene rings is 1. The van der Waals surface area contributed by atoms with Gasteiger partial charge in [-0.25, -0.2) is 0 Å². The number of phosphoric acid groups is 1. The van der Waals surface area contributed by atoms with Crippen molar-refractivity contribution in [3.05, 3.63) is 29.8 Å². The van der Waals surface area contributed by atoms with Gasteiger partial charge in [0.2, 0.25) is 5.91 Å². The van der Waals surface area contributed by atoms with Crippen molar-refractivity contribution < 1.29 is 32.8 Å². The standard InChI is InChI=1S/C19H30NO7P/c1-3-4-5-6-7-11-18(21)20-12-13-26-28(23,24)27-17-10-8-9-16(14-17)15-19(22)25-2/h8-10,14H,3-7,11-13,15H2,1-2H3,(H,20,21)(H,23,24)/p-1. The van der Waals surface area contributed by atoms with E-state index in [4.69, 9.17) is 9.05 Å². The third kappa shape index (κ3) is 11.1. The number of rotatable bonds is 14. The van der Waals surface area contributed by atoms with Crippen molar-refractivity contribution in [1.29, 1.82) is 0 Å². The van der Waals surface area contributed by atoms with E-state index in [0.717, 1.165) is 25.7 Å². The lowest BCUT2D eigenvalue weighted by atomic mass is 10.1. The lowest BCUT2D eigenvalue weighted by molar-refractivity contribution is -0.216. The van der Waals surface area contributed by atoms with Crippen LogP contribution in [0.2, 0.25) is 0 Å². The minimum absolute atomic E-state index is 0.00217. The monoisotopic (exact) mass is 414 g/mol. The van der Waals surface area contributed by atoms with E-state index >= 15 is 0 Å². The van der Waals surface area contributed by atoms with Crippen LogP contribution >= 0.6 is 7.82 Å². The number of nitrogens with one attached hydrogen (secondary N) is 1. The summed E-state index contributed by atoms with van der Waals surface area (Å²) in [6, 6.07) is 6.08. The molecule has 9 heteroatoms. The van der Waals surface area contributed by atoms with Gasteiger partial charge < -0.3 is 24.0 Å². The predicted octanol–water partition coefficient (Wildman–Crippen LogP) is 2.74. The first kappa shape index (κ1) is 24.1. The highest BCUT2D eigenvalue weighted by atomic mass is 31.2. The second kappa shape index (κ2) is 13.3. The zero-order valence-corrected chi connectivity index (χ0v) is 17.4. The maximum atomic E-state index is 11.9. The Kier molecular flexibility index (Phi) is 11.5. The number of amides is 1. The number of ether oxygens (including phenoxy) is 1. The number of hydrogen-bond acceptors (Lipinski definition) is 7. The van der Waals surface area contributed by atoms with E-state index in [1.807, 2.05) is 0 Å². The van der Waals surface area contributed by atoms with Crippen LogP contribution in [-0.4, -0.2) is 32.1 Å². The van der Waals surface area contributed by atoms with Crippen LogP contribution in [0, 0.1) is 0 Å². The second-order valence-electron chi connectivity index (χ2n) is 6.29. The molecule has 0 aliphatic heterocycles. The van der Waals surface area contributed by atoms with E-state index in [0.29, 0.717) is 12.0 Å². The first-order chi connectivity index (χ1) is 13.4. The van der Waals surface area contributed by atoms with E-state index in [9.17, 15) is 19.0 Å². The predicted molar refractivity (Wildman–Crippen MR) is 103 cm³/mol. The number of carbonyl (C=O) groups is 2. The number of unbranched alkanes of at least 4 members (excludes halogenated alkanes) is 4. The largest absolute Gasteiger partial charge is 0.746 e. The molecule has 158 valence electrons. The lowest BCUT2D eigenvalue weighted by Crippen LogP contribution is -2.27. The number of carbonyl (C=O) groups excluding carboxylic acids is 2. The van der Waals surface area contributed by atoms with E-state index < -0.39 is 13.8 Å². The number of phosphoric ester groups is 1. The minimum atomic E-state index is -4.59. The summed E-state index contributed by atoms with van der Waals surface area (Å²) in [6.45, 7) is 1.99. The van der Waals surface area contributed by atoms with Gasteiger partial charge >= 0.3 is 13.8 Å². The summed E-state index contributed by atoms with van der Waals surface area (Å²) in [7, 11) is -3.32. The Bertz CT molecular complexity index is 665. The van der Waals surface area contributed by atoms with Gasteiger partial charge in [-0.3, -0.25) is 14.2 Å². The van der Waals surface area contributed by atoms with E-state index in [2.05, 4.69) is 17.0 Å². The molecule has 1 unspecified atom stereocenters. The Morgan fingerprint density at radius 1 is 1.18 bits per heavy atom. The van der Waals surface area contributed by atoms with Crippen LogP contribution in [0.15, 0.2) is 24.3 Å². The zero-order chi connectivity index (χ0) is 20.8. The fraction of sp³-hybridized carbons (Fsp3) is 0.579. The Hall–Kier alpha value is -1.89. The van der Waals surface area contributed by atoms with E-state index in [1.165, 1.54) is 25.7 Å². The molecule has 1 N–H and O–H groups in total. The Morgan fingerprint density at radius 3 is 2.64 bits per heavy atom. The van der Waals surface area contributed by atoms with Crippen molar-refractivity contribution >= 4 is 19.7 Å². The normalized spacial score (nSPS) is 12.8.